The Hall–Kier alpha value is -1.14. The van der Waals surface area contributed by atoms with Crippen molar-refractivity contribution in [2.75, 3.05) is 31.6 Å². The zero-order valence-electron chi connectivity index (χ0n) is 9.73. The summed E-state index contributed by atoms with van der Waals surface area (Å²) in [5.41, 5.74) is -1.00. The highest BCUT2D eigenvalue weighted by molar-refractivity contribution is 5.26. The van der Waals surface area contributed by atoms with Crippen LogP contribution < -0.4 is 10.2 Å². The highest BCUT2D eigenvalue weighted by atomic mass is 16.5. The Balaban J connectivity index is 2.17. The number of nitrogens with one attached hydrogen (secondary N) is 1. The molecule has 0 saturated carbocycles. The van der Waals surface area contributed by atoms with Crippen LogP contribution in [-0.2, 0) is 5.60 Å². The van der Waals surface area contributed by atoms with Crippen LogP contribution in [0.1, 0.15) is 25.7 Å². The second-order valence-electron chi connectivity index (χ2n) is 4.23. The molecule has 0 aromatic carbocycles. The zero-order valence-corrected chi connectivity index (χ0v) is 9.73. The fourth-order valence-corrected chi connectivity index (χ4v) is 1.77. The Bertz CT molecular complexity index is 346. The number of piperidine rings is 1. The number of aliphatic hydroxyl groups is 1. The average Bonchev–Trinajstić information content (AvgIpc) is 2.79. The molecule has 1 aromatic heterocycles. The van der Waals surface area contributed by atoms with Crippen LogP contribution in [0, 0.1) is 0 Å². The van der Waals surface area contributed by atoms with E-state index in [9.17, 15) is 5.11 Å². The summed E-state index contributed by atoms with van der Waals surface area (Å²) in [6.07, 6.45) is 1.58. The van der Waals surface area contributed by atoms with Crippen LogP contribution in [0.4, 0.5) is 5.95 Å². The van der Waals surface area contributed by atoms with E-state index in [0.29, 0.717) is 24.8 Å². The van der Waals surface area contributed by atoms with Gasteiger partial charge in [-0.15, -0.1) is 0 Å². The minimum atomic E-state index is -1.00. The van der Waals surface area contributed by atoms with Crippen LogP contribution in [-0.4, -0.2) is 41.9 Å². The van der Waals surface area contributed by atoms with Gasteiger partial charge in [0.1, 0.15) is 0 Å². The third-order valence-corrected chi connectivity index (χ3v) is 2.99. The molecule has 1 saturated heterocycles. The molecule has 90 valence electrons. The molecule has 2 rings (SSSR count). The molecule has 0 bridgehead atoms. The molecule has 16 heavy (non-hydrogen) atoms. The van der Waals surface area contributed by atoms with E-state index < -0.39 is 5.60 Å². The normalized spacial score (nSPS) is 25.7. The molecule has 6 heteroatoms. The number of rotatable bonds is 3. The lowest BCUT2D eigenvalue weighted by atomic mass is 9.94. The summed E-state index contributed by atoms with van der Waals surface area (Å²) in [6, 6.07) is 0. The zero-order chi connectivity index (χ0) is 11.6. The van der Waals surface area contributed by atoms with Crippen LogP contribution in [0.2, 0.25) is 0 Å². The molecule has 0 aliphatic carbocycles. The van der Waals surface area contributed by atoms with Crippen LogP contribution >= 0.6 is 0 Å². The smallest absolute Gasteiger partial charge is 0.265 e. The Morgan fingerprint density at radius 3 is 3.06 bits per heavy atom. The summed E-state index contributed by atoms with van der Waals surface area (Å²) in [4.78, 5) is 6.10. The van der Waals surface area contributed by atoms with Crippen molar-refractivity contribution in [3.05, 3.63) is 5.89 Å². The van der Waals surface area contributed by atoms with E-state index in [0.717, 1.165) is 19.5 Å². The van der Waals surface area contributed by atoms with Gasteiger partial charge in [0.2, 0.25) is 0 Å². The molecule has 1 fully saturated rings. The van der Waals surface area contributed by atoms with Crippen molar-refractivity contribution >= 4 is 5.95 Å². The molecule has 2 N–H and O–H groups in total. The maximum Gasteiger partial charge on any atom is 0.265 e. The lowest BCUT2D eigenvalue weighted by Gasteiger charge is -2.28. The fraction of sp³-hybridized carbons (Fsp3) is 0.800. The van der Waals surface area contributed by atoms with E-state index in [2.05, 4.69) is 15.5 Å². The Labute approximate surface area is 94.6 Å². The summed E-state index contributed by atoms with van der Waals surface area (Å²) in [6.45, 7) is 4.21. The molecule has 1 aliphatic rings. The number of anilines is 1. The number of β-amino-alcohol motifs (C(OH)–C–C–N with tert-alkyl or cyclic N) is 1. The fourth-order valence-electron chi connectivity index (χ4n) is 1.77. The van der Waals surface area contributed by atoms with E-state index in [1.807, 2.05) is 18.9 Å². The van der Waals surface area contributed by atoms with Gasteiger partial charge in [0.05, 0.1) is 0 Å². The van der Waals surface area contributed by atoms with Crippen molar-refractivity contribution in [3.63, 3.8) is 0 Å². The minimum Gasteiger partial charge on any atom is -0.379 e. The summed E-state index contributed by atoms with van der Waals surface area (Å²) in [5.74, 6) is 0.839. The van der Waals surface area contributed by atoms with Gasteiger partial charge in [-0.3, -0.25) is 0 Å². The summed E-state index contributed by atoms with van der Waals surface area (Å²) >= 11 is 0. The number of hydrogen-bond acceptors (Lipinski definition) is 6. The van der Waals surface area contributed by atoms with E-state index >= 15 is 0 Å². The molecule has 6 nitrogen and oxygen atoms in total. The standard InChI is InChI=1S/C10H18N4O2/c1-3-14(2)9-12-8(16-13-9)10(15)5-4-6-11-7-10/h11,15H,3-7H2,1-2H3. The molecular formula is C10H18N4O2. The van der Waals surface area contributed by atoms with Crippen molar-refractivity contribution < 1.29 is 9.63 Å². The Kier molecular flexibility index (Phi) is 3.11. The summed E-state index contributed by atoms with van der Waals surface area (Å²) in [5, 5.41) is 17.3. The van der Waals surface area contributed by atoms with E-state index in [1.54, 1.807) is 0 Å². The lowest BCUT2D eigenvalue weighted by Crippen LogP contribution is -2.43. The van der Waals surface area contributed by atoms with E-state index in [1.165, 1.54) is 0 Å². The molecular weight excluding hydrogens is 208 g/mol. The van der Waals surface area contributed by atoms with Gasteiger partial charge in [-0.1, -0.05) is 0 Å². The van der Waals surface area contributed by atoms with Gasteiger partial charge in [-0.05, 0) is 31.5 Å². The largest absolute Gasteiger partial charge is 0.379 e. The van der Waals surface area contributed by atoms with Crippen LogP contribution in [0.3, 0.4) is 0 Å². The number of aromatic nitrogens is 2. The molecule has 1 aromatic rings. The SMILES string of the molecule is CCN(C)c1noc(C2(O)CCCNC2)n1. The molecule has 0 spiro atoms. The van der Waals surface area contributed by atoms with Gasteiger partial charge >= 0.3 is 0 Å². The predicted octanol–water partition coefficient (Wildman–Crippen LogP) is 0.0967. The van der Waals surface area contributed by atoms with Gasteiger partial charge < -0.3 is 19.8 Å². The Morgan fingerprint density at radius 1 is 1.62 bits per heavy atom. The molecule has 0 amide bonds. The van der Waals surface area contributed by atoms with Gasteiger partial charge in [-0.2, -0.15) is 4.98 Å². The van der Waals surface area contributed by atoms with E-state index in [-0.39, 0.29) is 0 Å². The quantitative estimate of drug-likeness (QED) is 0.761. The van der Waals surface area contributed by atoms with Crippen molar-refractivity contribution in [2.24, 2.45) is 0 Å². The molecule has 1 atom stereocenters. The molecule has 2 heterocycles. The molecule has 0 radical (unpaired) electrons. The third-order valence-electron chi connectivity index (χ3n) is 2.99. The molecule has 1 unspecified atom stereocenters. The lowest BCUT2D eigenvalue weighted by molar-refractivity contribution is -0.0167. The highest BCUT2D eigenvalue weighted by Gasteiger charge is 2.37. The number of nitrogens with zero attached hydrogens (tertiary/aromatic N) is 3. The minimum absolute atomic E-state index is 0.315. The predicted molar refractivity (Wildman–Crippen MR) is 59.2 cm³/mol. The first kappa shape index (κ1) is 11.3. The van der Waals surface area contributed by atoms with Crippen LogP contribution in [0.5, 0.6) is 0 Å². The first-order chi connectivity index (χ1) is 7.65. The summed E-state index contributed by atoms with van der Waals surface area (Å²) in [7, 11) is 1.89. The van der Waals surface area contributed by atoms with Crippen molar-refractivity contribution in [3.8, 4) is 0 Å². The topological polar surface area (TPSA) is 74.4 Å². The second kappa shape index (κ2) is 4.39. The van der Waals surface area contributed by atoms with Gasteiger partial charge in [0.25, 0.3) is 11.8 Å². The van der Waals surface area contributed by atoms with Crippen LogP contribution in [0.25, 0.3) is 0 Å². The molecule has 1 aliphatic heterocycles. The Morgan fingerprint density at radius 2 is 2.44 bits per heavy atom. The van der Waals surface area contributed by atoms with Crippen molar-refractivity contribution in [1.82, 2.24) is 15.5 Å². The maximum absolute atomic E-state index is 10.3. The first-order valence-corrected chi connectivity index (χ1v) is 5.64. The summed E-state index contributed by atoms with van der Waals surface area (Å²) < 4.78 is 5.14. The third kappa shape index (κ3) is 2.03. The monoisotopic (exact) mass is 226 g/mol. The first-order valence-electron chi connectivity index (χ1n) is 5.64. The highest BCUT2D eigenvalue weighted by Crippen LogP contribution is 2.27. The average molecular weight is 226 g/mol. The van der Waals surface area contributed by atoms with Gasteiger partial charge in [0, 0.05) is 20.1 Å². The van der Waals surface area contributed by atoms with Crippen molar-refractivity contribution in [1.29, 1.82) is 0 Å². The maximum atomic E-state index is 10.3. The number of hydrogen-bond donors (Lipinski definition) is 2. The second-order valence-corrected chi connectivity index (χ2v) is 4.23. The van der Waals surface area contributed by atoms with Crippen molar-refractivity contribution in [2.45, 2.75) is 25.4 Å². The van der Waals surface area contributed by atoms with E-state index in [4.69, 9.17) is 4.52 Å². The van der Waals surface area contributed by atoms with Gasteiger partial charge in [0.15, 0.2) is 5.60 Å². The van der Waals surface area contributed by atoms with Gasteiger partial charge in [-0.25, -0.2) is 0 Å². The van der Waals surface area contributed by atoms with Crippen LogP contribution in [0.15, 0.2) is 4.52 Å².